The Kier molecular flexibility index (Phi) is 12.0. The average Bonchev–Trinajstić information content (AvgIpc) is 3.43. The van der Waals surface area contributed by atoms with E-state index in [9.17, 15) is 29.1 Å². The van der Waals surface area contributed by atoms with Gasteiger partial charge in [-0.2, -0.15) is 0 Å². The second kappa shape index (κ2) is 15.7. The number of aliphatic hydroxyl groups excluding tert-OH is 1. The van der Waals surface area contributed by atoms with E-state index in [-0.39, 0.29) is 56.8 Å². The molecule has 3 heterocycles. The average molecular weight is 627 g/mol. The minimum absolute atomic E-state index is 0.0241. The smallest absolute Gasteiger partial charge is 0.246 e. The number of hydrogen-bond donors (Lipinski definition) is 4. The first-order chi connectivity index (χ1) is 21.5. The highest BCUT2D eigenvalue weighted by Crippen LogP contribution is 2.24. The molecule has 1 aromatic rings. The van der Waals surface area contributed by atoms with Crippen LogP contribution in [0.1, 0.15) is 58.9 Å². The lowest BCUT2D eigenvalue weighted by Gasteiger charge is -2.36. The number of hydrogen-bond acceptors (Lipinski definition) is 7. The molecule has 0 unspecified atom stereocenters. The third kappa shape index (κ3) is 8.82. The molecule has 12 heteroatoms. The highest BCUT2D eigenvalue weighted by molar-refractivity contribution is 5.95. The minimum Gasteiger partial charge on any atom is -0.391 e. The minimum atomic E-state index is -0.998. The van der Waals surface area contributed by atoms with Gasteiger partial charge in [-0.15, -0.1) is 0 Å². The molecule has 3 aliphatic rings. The molecule has 3 aliphatic heterocycles. The van der Waals surface area contributed by atoms with Gasteiger partial charge in [0, 0.05) is 44.4 Å². The Morgan fingerprint density at radius 1 is 0.978 bits per heavy atom. The molecule has 0 aromatic heterocycles. The van der Waals surface area contributed by atoms with Gasteiger partial charge in [0.1, 0.15) is 18.1 Å². The number of amides is 5. The molecule has 0 spiro atoms. The fourth-order valence-corrected chi connectivity index (χ4v) is 6.51. The molecule has 4 N–H and O–H groups in total. The molecule has 3 saturated heterocycles. The van der Waals surface area contributed by atoms with Crippen molar-refractivity contribution in [3.05, 3.63) is 35.9 Å². The SMILES string of the molecule is CC[C@H](C)[C@@H]1NC(=O)CN(C(=O)C2CCN(C(C)C)CC2)CCNC(=O)[C@H](Cc2ccccc2)NC(=O)[C@@H]2C[C@@H](O)CN2C1=O. The summed E-state index contributed by atoms with van der Waals surface area (Å²) in [4.78, 5) is 73.4. The zero-order valence-corrected chi connectivity index (χ0v) is 27.0. The van der Waals surface area contributed by atoms with Crippen LogP contribution in [0.15, 0.2) is 30.3 Å². The van der Waals surface area contributed by atoms with Crippen molar-refractivity contribution in [1.82, 2.24) is 30.7 Å². The highest BCUT2D eigenvalue weighted by atomic mass is 16.3. The lowest BCUT2D eigenvalue weighted by molar-refractivity contribution is -0.144. The van der Waals surface area contributed by atoms with E-state index in [0.29, 0.717) is 25.3 Å². The summed E-state index contributed by atoms with van der Waals surface area (Å²) in [6.45, 7) is 9.49. The van der Waals surface area contributed by atoms with Gasteiger partial charge in [-0.05, 0) is 51.3 Å². The maximum Gasteiger partial charge on any atom is 0.246 e. The molecule has 0 saturated carbocycles. The highest BCUT2D eigenvalue weighted by Gasteiger charge is 2.43. The van der Waals surface area contributed by atoms with E-state index >= 15 is 0 Å². The predicted octanol–water partition coefficient (Wildman–Crippen LogP) is 0.285. The largest absolute Gasteiger partial charge is 0.391 e. The van der Waals surface area contributed by atoms with Crippen LogP contribution in [0.25, 0.3) is 0 Å². The second-order valence-electron chi connectivity index (χ2n) is 13.0. The number of carbonyl (C=O) groups is 5. The van der Waals surface area contributed by atoms with Crippen LogP contribution in [0.3, 0.4) is 0 Å². The van der Waals surface area contributed by atoms with E-state index < -0.39 is 47.9 Å². The Morgan fingerprint density at radius 3 is 2.31 bits per heavy atom. The number of nitrogens with zero attached hydrogens (tertiary/aromatic N) is 3. The summed E-state index contributed by atoms with van der Waals surface area (Å²) in [5.74, 6) is -2.57. The summed E-state index contributed by atoms with van der Waals surface area (Å²) in [5.41, 5.74) is 0.839. The molecule has 12 nitrogen and oxygen atoms in total. The van der Waals surface area contributed by atoms with Crippen molar-refractivity contribution in [2.75, 3.05) is 39.3 Å². The van der Waals surface area contributed by atoms with E-state index in [1.54, 1.807) is 0 Å². The van der Waals surface area contributed by atoms with E-state index in [0.717, 1.165) is 18.7 Å². The Bertz CT molecular complexity index is 1200. The maximum atomic E-state index is 13.9. The van der Waals surface area contributed by atoms with Gasteiger partial charge in [0.2, 0.25) is 29.5 Å². The van der Waals surface area contributed by atoms with Gasteiger partial charge >= 0.3 is 0 Å². The van der Waals surface area contributed by atoms with Crippen LogP contribution in [0.4, 0.5) is 0 Å². The van der Waals surface area contributed by atoms with Crippen molar-refractivity contribution in [2.24, 2.45) is 11.8 Å². The number of nitrogens with one attached hydrogen (secondary N) is 3. The quantitative estimate of drug-likeness (QED) is 0.354. The van der Waals surface area contributed by atoms with Gasteiger partial charge in [0.05, 0.1) is 12.6 Å². The number of fused-ring (bicyclic) bond motifs is 1. The summed E-state index contributed by atoms with van der Waals surface area (Å²) in [6.07, 6.45) is 1.26. The number of carbonyl (C=O) groups excluding carboxylic acids is 5. The summed E-state index contributed by atoms with van der Waals surface area (Å²) >= 11 is 0. The molecule has 248 valence electrons. The number of piperidine rings is 1. The van der Waals surface area contributed by atoms with Crippen LogP contribution < -0.4 is 16.0 Å². The summed E-state index contributed by atoms with van der Waals surface area (Å²) in [6, 6.07) is 6.79. The molecular weight excluding hydrogens is 576 g/mol. The van der Waals surface area contributed by atoms with Crippen molar-refractivity contribution < 1.29 is 29.1 Å². The maximum absolute atomic E-state index is 13.9. The topological polar surface area (TPSA) is 151 Å². The lowest BCUT2D eigenvalue weighted by atomic mass is 9.94. The van der Waals surface area contributed by atoms with Crippen molar-refractivity contribution in [3.8, 4) is 0 Å². The normalized spacial score (nSPS) is 27.2. The van der Waals surface area contributed by atoms with E-state index in [4.69, 9.17) is 0 Å². The summed E-state index contributed by atoms with van der Waals surface area (Å²) in [5, 5.41) is 19.1. The fourth-order valence-electron chi connectivity index (χ4n) is 6.51. The van der Waals surface area contributed by atoms with Crippen molar-refractivity contribution in [3.63, 3.8) is 0 Å². The second-order valence-corrected chi connectivity index (χ2v) is 13.0. The summed E-state index contributed by atoms with van der Waals surface area (Å²) in [7, 11) is 0. The van der Waals surface area contributed by atoms with Gasteiger partial charge in [-0.3, -0.25) is 24.0 Å². The summed E-state index contributed by atoms with van der Waals surface area (Å²) < 4.78 is 0. The lowest BCUT2D eigenvalue weighted by Crippen LogP contribution is -2.58. The van der Waals surface area contributed by atoms with Crippen molar-refractivity contribution in [1.29, 1.82) is 0 Å². The van der Waals surface area contributed by atoms with Gasteiger partial charge in [0.15, 0.2) is 0 Å². The molecule has 4 rings (SSSR count). The molecular formula is C33H50N6O6. The standard InChI is InChI=1S/C33H50N6O6/c1-5-22(4)29-33(45)39-19-25(40)18-27(39)31(43)35-26(17-23-9-7-6-8-10-23)30(42)34-13-16-38(20-28(41)36-29)32(44)24-11-14-37(15-12-24)21(2)3/h6-10,21-22,24-27,29,40H,5,11-20H2,1-4H3,(H,34,42)(H,35,43)(H,36,41)/t22-,25+,26-,27-,29-/m0/s1. The van der Waals surface area contributed by atoms with Crippen molar-refractivity contribution in [2.45, 2.75) is 90.1 Å². The van der Waals surface area contributed by atoms with Crippen LogP contribution in [-0.4, -0.2) is 119 Å². The molecule has 5 amide bonds. The zero-order valence-electron chi connectivity index (χ0n) is 27.0. The molecule has 0 aliphatic carbocycles. The van der Waals surface area contributed by atoms with Crippen molar-refractivity contribution >= 4 is 29.5 Å². The monoisotopic (exact) mass is 626 g/mol. The first kappa shape index (κ1) is 34.4. The Hall–Kier alpha value is -3.51. The van der Waals surface area contributed by atoms with Crippen LogP contribution in [0.5, 0.6) is 0 Å². The zero-order chi connectivity index (χ0) is 32.7. The number of benzene rings is 1. The van der Waals surface area contributed by atoms with Gasteiger partial charge in [-0.1, -0.05) is 50.6 Å². The molecule has 3 fully saturated rings. The third-order valence-electron chi connectivity index (χ3n) is 9.51. The molecule has 0 bridgehead atoms. The Balaban J connectivity index is 1.62. The van der Waals surface area contributed by atoms with Crippen LogP contribution in [-0.2, 0) is 30.4 Å². The third-order valence-corrected chi connectivity index (χ3v) is 9.51. The number of aliphatic hydroxyl groups is 1. The van der Waals surface area contributed by atoms with Crippen LogP contribution in [0, 0.1) is 11.8 Å². The molecule has 0 radical (unpaired) electrons. The fraction of sp³-hybridized carbons (Fsp3) is 0.667. The Labute approximate surface area is 266 Å². The van der Waals surface area contributed by atoms with Gasteiger partial charge < -0.3 is 35.8 Å². The Morgan fingerprint density at radius 2 is 1.67 bits per heavy atom. The van der Waals surface area contributed by atoms with E-state index in [1.165, 1.54) is 9.80 Å². The predicted molar refractivity (Wildman–Crippen MR) is 169 cm³/mol. The number of likely N-dealkylation sites (tertiary alicyclic amines) is 1. The van der Waals surface area contributed by atoms with Crippen LogP contribution in [0.2, 0.25) is 0 Å². The first-order valence-electron chi connectivity index (χ1n) is 16.4. The molecule has 1 aromatic carbocycles. The molecule has 5 atom stereocenters. The first-order valence-corrected chi connectivity index (χ1v) is 16.4. The number of rotatable bonds is 6. The van der Waals surface area contributed by atoms with Gasteiger partial charge in [-0.25, -0.2) is 0 Å². The van der Waals surface area contributed by atoms with E-state index in [1.807, 2.05) is 44.2 Å². The van der Waals surface area contributed by atoms with Gasteiger partial charge in [0.25, 0.3) is 0 Å². The van der Waals surface area contributed by atoms with E-state index in [2.05, 4.69) is 34.7 Å². The molecule has 45 heavy (non-hydrogen) atoms. The van der Waals surface area contributed by atoms with Crippen LogP contribution >= 0.6 is 0 Å².